The van der Waals surface area contributed by atoms with E-state index in [4.69, 9.17) is 16.3 Å². The molecule has 0 bridgehead atoms. The van der Waals surface area contributed by atoms with Crippen LogP contribution in [0.3, 0.4) is 0 Å². The van der Waals surface area contributed by atoms with Gasteiger partial charge < -0.3 is 4.74 Å². The van der Waals surface area contributed by atoms with Gasteiger partial charge in [0.15, 0.2) is 5.16 Å². The molecule has 0 spiro atoms. The van der Waals surface area contributed by atoms with Crippen LogP contribution in [-0.2, 0) is 6.42 Å². The molecule has 1 heterocycles. The van der Waals surface area contributed by atoms with Crippen molar-refractivity contribution in [1.29, 1.82) is 0 Å². The smallest absolute Gasteiger partial charge is 0.195 e. The summed E-state index contributed by atoms with van der Waals surface area (Å²) in [4.78, 5) is 0. The molecule has 0 aliphatic heterocycles. The lowest BCUT2D eigenvalue weighted by molar-refractivity contribution is 0.344. The highest BCUT2D eigenvalue weighted by atomic mass is 35.5. The van der Waals surface area contributed by atoms with Gasteiger partial charge in [-0.3, -0.25) is 4.57 Å². The molecule has 4 nitrogen and oxygen atoms in total. The van der Waals surface area contributed by atoms with Gasteiger partial charge in [-0.15, -0.1) is 10.2 Å². The summed E-state index contributed by atoms with van der Waals surface area (Å²) in [6, 6.07) is 23.8. The van der Waals surface area contributed by atoms with Gasteiger partial charge in [-0.25, -0.2) is 4.39 Å². The Morgan fingerprint density at radius 1 is 0.900 bits per heavy atom. The summed E-state index contributed by atoms with van der Waals surface area (Å²) >= 11 is 7.66. The van der Waals surface area contributed by atoms with Gasteiger partial charge in [-0.05, 0) is 42.0 Å². The van der Waals surface area contributed by atoms with Crippen LogP contribution in [0.2, 0.25) is 5.02 Å². The molecule has 7 heteroatoms. The maximum Gasteiger partial charge on any atom is 0.195 e. The van der Waals surface area contributed by atoms with Crippen LogP contribution in [0.5, 0.6) is 5.75 Å². The van der Waals surface area contributed by atoms with Gasteiger partial charge >= 0.3 is 0 Å². The van der Waals surface area contributed by atoms with Crippen LogP contribution in [-0.4, -0.2) is 27.1 Å². The van der Waals surface area contributed by atoms with Crippen molar-refractivity contribution in [3.8, 4) is 11.4 Å². The van der Waals surface area contributed by atoms with Crippen molar-refractivity contribution in [3.05, 3.63) is 101 Å². The van der Waals surface area contributed by atoms with Crippen molar-refractivity contribution in [2.75, 3.05) is 12.4 Å². The van der Waals surface area contributed by atoms with Crippen LogP contribution in [0.1, 0.15) is 11.4 Å². The van der Waals surface area contributed by atoms with E-state index in [0.717, 1.165) is 22.2 Å². The van der Waals surface area contributed by atoms with Gasteiger partial charge in [0.2, 0.25) is 0 Å². The molecule has 0 saturated carbocycles. The SMILES string of the molecule is Fc1ccc(-n2c(Cc3ccccc3)nnc2SCCOc2ccccc2Cl)cc1. The maximum atomic E-state index is 13.4. The first-order chi connectivity index (χ1) is 14.7. The normalized spacial score (nSPS) is 10.9. The number of ether oxygens (including phenoxy) is 1. The molecule has 0 radical (unpaired) electrons. The molecule has 0 atom stereocenters. The van der Waals surface area contributed by atoms with Crippen molar-refractivity contribution in [2.45, 2.75) is 11.6 Å². The summed E-state index contributed by atoms with van der Waals surface area (Å²) in [6.07, 6.45) is 0.627. The first-order valence-electron chi connectivity index (χ1n) is 9.45. The molecule has 1 aromatic heterocycles. The van der Waals surface area contributed by atoms with Crippen LogP contribution >= 0.6 is 23.4 Å². The molecular weight excluding hydrogens is 421 g/mol. The van der Waals surface area contributed by atoms with Crippen LogP contribution in [0.15, 0.2) is 84.0 Å². The van der Waals surface area contributed by atoms with E-state index in [-0.39, 0.29) is 5.82 Å². The maximum absolute atomic E-state index is 13.4. The molecule has 4 aromatic rings. The fourth-order valence-electron chi connectivity index (χ4n) is 2.98. The molecule has 0 fully saturated rings. The molecule has 152 valence electrons. The van der Waals surface area contributed by atoms with E-state index in [1.807, 2.05) is 53.1 Å². The second-order valence-electron chi connectivity index (χ2n) is 6.50. The highest BCUT2D eigenvalue weighted by Crippen LogP contribution is 2.26. The number of nitrogens with zero attached hydrogens (tertiary/aromatic N) is 3. The van der Waals surface area contributed by atoms with Crippen molar-refractivity contribution in [1.82, 2.24) is 14.8 Å². The van der Waals surface area contributed by atoms with Crippen LogP contribution in [0.25, 0.3) is 5.69 Å². The van der Waals surface area contributed by atoms with E-state index in [2.05, 4.69) is 10.2 Å². The van der Waals surface area contributed by atoms with E-state index < -0.39 is 0 Å². The zero-order chi connectivity index (χ0) is 20.8. The fourth-order valence-corrected chi connectivity index (χ4v) is 3.96. The third-order valence-electron chi connectivity index (χ3n) is 4.40. The third-order valence-corrected chi connectivity index (χ3v) is 5.60. The summed E-state index contributed by atoms with van der Waals surface area (Å²) in [5.74, 6) is 1.83. The van der Waals surface area contributed by atoms with Crippen LogP contribution < -0.4 is 4.74 Å². The Kier molecular flexibility index (Phi) is 6.67. The second kappa shape index (κ2) is 9.78. The Morgan fingerprint density at radius 3 is 2.40 bits per heavy atom. The lowest BCUT2D eigenvalue weighted by atomic mass is 10.1. The number of para-hydroxylation sites is 1. The molecule has 0 amide bonds. The fraction of sp³-hybridized carbons (Fsp3) is 0.130. The second-order valence-corrected chi connectivity index (χ2v) is 7.97. The number of halogens is 2. The topological polar surface area (TPSA) is 39.9 Å². The highest BCUT2D eigenvalue weighted by Gasteiger charge is 2.15. The number of hydrogen-bond acceptors (Lipinski definition) is 4. The average molecular weight is 440 g/mol. The molecule has 0 aliphatic rings. The summed E-state index contributed by atoms with van der Waals surface area (Å²) in [7, 11) is 0. The number of aromatic nitrogens is 3. The van der Waals surface area contributed by atoms with Crippen molar-refractivity contribution < 1.29 is 9.13 Å². The van der Waals surface area contributed by atoms with Crippen molar-refractivity contribution in [2.24, 2.45) is 0 Å². The summed E-state index contributed by atoms with van der Waals surface area (Å²) in [5.41, 5.74) is 1.95. The molecular formula is C23H19ClFN3OS. The minimum absolute atomic E-state index is 0.279. The summed E-state index contributed by atoms with van der Waals surface area (Å²) in [6.45, 7) is 0.471. The minimum atomic E-state index is -0.279. The van der Waals surface area contributed by atoms with Gasteiger partial charge in [-0.1, -0.05) is 65.8 Å². The molecule has 0 N–H and O–H groups in total. The van der Waals surface area contributed by atoms with Gasteiger partial charge in [0, 0.05) is 17.9 Å². The Hall–Kier alpha value is -2.83. The number of benzene rings is 3. The molecule has 30 heavy (non-hydrogen) atoms. The standard InChI is InChI=1S/C23H19ClFN3OS/c24-20-8-4-5-9-21(20)29-14-15-30-23-27-26-22(16-17-6-2-1-3-7-17)28(23)19-12-10-18(25)11-13-19/h1-13H,14-16H2. The largest absolute Gasteiger partial charge is 0.491 e. The number of rotatable bonds is 8. The molecule has 0 unspecified atom stereocenters. The van der Waals surface area contributed by atoms with E-state index in [9.17, 15) is 4.39 Å². The Bertz CT molecular complexity index is 1100. The van der Waals surface area contributed by atoms with Crippen molar-refractivity contribution >= 4 is 23.4 Å². The van der Waals surface area contributed by atoms with E-state index in [1.54, 1.807) is 18.2 Å². The van der Waals surface area contributed by atoms with E-state index in [0.29, 0.717) is 29.6 Å². The van der Waals surface area contributed by atoms with E-state index >= 15 is 0 Å². The lowest BCUT2D eigenvalue weighted by Gasteiger charge is -2.11. The first-order valence-corrected chi connectivity index (χ1v) is 10.8. The van der Waals surface area contributed by atoms with E-state index in [1.165, 1.54) is 23.9 Å². The van der Waals surface area contributed by atoms with Crippen molar-refractivity contribution in [3.63, 3.8) is 0 Å². The van der Waals surface area contributed by atoms with Gasteiger partial charge in [0.1, 0.15) is 17.4 Å². The monoisotopic (exact) mass is 439 g/mol. The Morgan fingerprint density at radius 2 is 1.63 bits per heavy atom. The average Bonchev–Trinajstić information content (AvgIpc) is 3.16. The molecule has 0 saturated heterocycles. The predicted molar refractivity (Wildman–Crippen MR) is 118 cm³/mol. The summed E-state index contributed by atoms with van der Waals surface area (Å²) in [5, 5.41) is 10.1. The number of hydrogen-bond donors (Lipinski definition) is 0. The van der Waals surface area contributed by atoms with Gasteiger partial charge in [-0.2, -0.15) is 0 Å². The molecule has 4 rings (SSSR count). The zero-order valence-electron chi connectivity index (χ0n) is 16.0. The van der Waals surface area contributed by atoms with Crippen LogP contribution in [0.4, 0.5) is 4.39 Å². The summed E-state index contributed by atoms with van der Waals surface area (Å²) < 4.78 is 21.2. The number of thioether (sulfide) groups is 1. The molecule has 3 aromatic carbocycles. The quantitative estimate of drug-likeness (QED) is 0.256. The minimum Gasteiger partial charge on any atom is -0.491 e. The lowest BCUT2D eigenvalue weighted by Crippen LogP contribution is -2.06. The highest BCUT2D eigenvalue weighted by molar-refractivity contribution is 7.99. The first kappa shape index (κ1) is 20.4. The molecule has 0 aliphatic carbocycles. The zero-order valence-corrected chi connectivity index (χ0v) is 17.6. The third kappa shape index (κ3) is 5.01. The Balaban J connectivity index is 1.51. The van der Waals surface area contributed by atoms with Gasteiger partial charge in [0.25, 0.3) is 0 Å². The van der Waals surface area contributed by atoms with Gasteiger partial charge in [0.05, 0.1) is 11.6 Å². The van der Waals surface area contributed by atoms with Crippen LogP contribution in [0, 0.1) is 5.82 Å². The predicted octanol–water partition coefficient (Wildman–Crippen LogP) is 5.82. The Labute approximate surface area is 183 Å².